The van der Waals surface area contributed by atoms with Crippen LogP contribution in [-0.2, 0) is 6.18 Å². The topological polar surface area (TPSA) is 55.5 Å². The van der Waals surface area contributed by atoms with Gasteiger partial charge in [0.25, 0.3) is 0 Å². The lowest BCUT2D eigenvalue weighted by Gasteiger charge is -2.17. The van der Waals surface area contributed by atoms with Crippen molar-refractivity contribution in [3.63, 3.8) is 0 Å². The Bertz CT molecular complexity index is 419. The molecule has 102 valence electrons. The standard InChI is InChI=1S/C12H16F3NO2/c1-7(3-4-16)8-5-9(12(13,14)15)11(17)10(6-8)18-2/h5-7,17H,3-4,16H2,1-2H3. The maximum absolute atomic E-state index is 12.8. The Labute approximate surface area is 103 Å². The highest BCUT2D eigenvalue weighted by Crippen LogP contribution is 2.43. The molecule has 1 rings (SSSR count). The number of rotatable bonds is 4. The quantitative estimate of drug-likeness (QED) is 0.878. The second kappa shape index (κ2) is 5.48. The zero-order valence-electron chi connectivity index (χ0n) is 10.2. The summed E-state index contributed by atoms with van der Waals surface area (Å²) < 4.78 is 43.0. The number of hydrogen-bond acceptors (Lipinski definition) is 3. The van der Waals surface area contributed by atoms with Gasteiger partial charge in [-0.1, -0.05) is 6.92 Å². The lowest BCUT2D eigenvalue weighted by Crippen LogP contribution is -2.09. The van der Waals surface area contributed by atoms with Crippen LogP contribution in [0.4, 0.5) is 13.2 Å². The first kappa shape index (κ1) is 14.6. The highest BCUT2D eigenvalue weighted by Gasteiger charge is 2.36. The molecule has 1 aromatic carbocycles. The van der Waals surface area contributed by atoms with Gasteiger partial charge in [0.15, 0.2) is 11.5 Å². The fourth-order valence-corrected chi connectivity index (χ4v) is 1.70. The molecule has 1 unspecified atom stereocenters. The van der Waals surface area contributed by atoms with Gasteiger partial charge in [-0.15, -0.1) is 0 Å². The highest BCUT2D eigenvalue weighted by atomic mass is 19.4. The van der Waals surface area contributed by atoms with Crippen LogP contribution < -0.4 is 10.5 Å². The van der Waals surface area contributed by atoms with E-state index in [2.05, 4.69) is 0 Å². The van der Waals surface area contributed by atoms with E-state index in [-0.39, 0.29) is 11.7 Å². The summed E-state index contributed by atoms with van der Waals surface area (Å²) in [6, 6.07) is 2.35. The highest BCUT2D eigenvalue weighted by molar-refractivity contribution is 5.50. The van der Waals surface area contributed by atoms with Gasteiger partial charge in [-0.05, 0) is 36.6 Å². The van der Waals surface area contributed by atoms with Gasteiger partial charge in [-0.2, -0.15) is 13.2 Å². The summed E-state index contributed by atoms with van der Waals surface area (Å²) in [5.74, 6) is -1.19. The van der Waals surface area contributed by atoms with E-state index in [1.54, 1.807) is 6.92 Å². The Balaban J connectivity index is 3.31. The number of hydrogen-bond donors (Lipinski definition) is 2. The second-order valence-electron chi connectivity index (χ2n) is 4.10. The first-order chi connectivity index (χ1) is 8.31. The maximum atomic E-state index is 12.8. The van der Waals surface area contributed by atoms with Crippen molar-refractivity contribution >= 4 is 0 Å². The van der Waals surface area contributed by atoms with E-state index >= 15 is 0 Å². The zero-order valence-corrected chi connectivity index (χ0v) is 10.2. The number of nitrogens with two attached hydrogens (primary N) is 1. The third-order valence-electron chi connectivity index (χ3n) is 2.79. The molecule has 0 aliphatic rings. The van der Waals surface area contributed by atoms with E-state index < -0.39 is 17.5 Å². The minimum absolute atomic E-state index is 0.134. The van der Waals surface area contributed by atoms with Crippen LogP contribution in [0.2, 0.25) is 0 Å². The second-order valence-corrected chi connectivity index (χ2v) is 4.10. The summed E-state index contributed by atoms with van der Waals surface area (Å²) in [5, 5.41) is 9.49. The van der Waals surface area contributed by atoms with Gasteiger partial charge in [0.2, 0.25) is 0 Å². The van der Waals surface area contributed by atoms with Gasteiger partial charge in [0.1, 0.15) is 5.56 Å². The van der Waals surface area contributed by atoms with Crippen molar-refractivity contribution in [3.8, 4) is 11.5 Å². The fourth-order valence-electron chi connectivity index (χ4n) is 1.70. The molecule has 0 aliphatic heterocycles. The van der Waals surface area contributed by atoms with E-state index in [9.17, 15) is 18.3 Å². The molecule has 0 spiro atoms. The van der Waals surface area contributed by atoms with Crippen LogP contribution in [0, 0.1) is 0 Å². The number of benzene rings is 1. The summed E-state index contributed by atoms with van der Waals surface area (Å²) in [6.45, 7) is 2.16. The summed E-state index contributed by atoms with van der Waals surface area (Å²) in [6.07, 6.45) is -4.05. The summed E-state index contributed by atoms with van der Waals surface area (Å²) >= 11 is 0. The Morgan fingerprint density at radius 1 is 1.39 bits per heavy atom. The maximum Gasteiger partial charge on any atom is 0.420 e. The summed E-state index contributed by atoms with van der Waals surface area (Å²) in [4.78, 5) is 0. The minimum Gasteiger partial charge on any atom is -0.504 e. The molecule has 18 heavy (non-hydrogen) atoms. The Hall–Kier alpha value is -1.43. The average Bonchev–Trinajstić information content (AvgIpc) is 2.28. The molecule has 0 aromatic heterocycles. The normalized spacial score (nSPS) is 13.4. The Morgan fingerprint density at radius 2 is 2.00 bits per heavy atom. The Morgan fingerprint density at radius 3 is 2.44 bits per heavy atom. The SMILES string of the molecule is COc1cc(C(C)CCN)cc(C(F)(F)F)c1O. The molecule has 3 nitrogen and oxygen atoms in total. The largest absolute Gasteiger partial charge is 0.504 e. The van der Waals surface area contributed by atoms with Crippen LogP contribution in [0.15, 0.2) is 12.1 Å². The van der Waals surface area contributed by atoms with Crippen LogP contribution in [0.25, 0.3) is 0 Å². The third-order valence-corrected chi connectivity index (χ3v) is 2.79. The molecule has 0 radical (unpaired) electrons. The van der Waals surface area contributed by atoms with Gasteiger partial charge < -0.3 is 15.6 Å². The van der Waals surface area contributed by atoms with Crippen molar-refractivity contribution in [2.45, 2.75) is 25.4 Å². The van der Waals surface area contributed by atoms with Crippen molar-refractivity contribution in [1.82, 2.24) is 0 Å². The smallest absolute Gasteiger partial charge is 0.420 e. The molecule has 1 atom stereocenters. The predicted molar refractivity (Wildman–Crippen MR) is 61.7 cm³/mol. The first-order valence-corrected chi connectivity index (χ1v) is 5.49. The number of phenols is 1. The first-order valence-electron chi connectivity index (χ1n) is 5.49. The molecule has 1 aromatic rings. The van der Waals surface area contributed by atoms with Crippen LogP contribution in [0.3, 0.4) is 0 Å². The van der Waals surface area contributed by atoms with Crippen molar-refractivity contribution in [3.05, 3.63) is 23.3 Å². The third kappa shape index (κ3) is 3.07. The number of alkyl halides is 3. The van der Waals surface area contributed by atoms with E-state index in [4.69, 9.17) is 10.5 Å². The van der Waals surface area contributed by atoms with E-state index in [1.807, 2.05) is 0 Å². The lowest BCUT2D eigenvalue weighted by atomic mass is 9.95. The van der Waals surface area contributed by atoms with Crippen LogP contribution >= 0.6 is 0 Å². The molecule has 0 heterocycles. The van der Waals surface area contributed by atoms with Gasteiger partial charge >= 0.3 is 6.18 Å². The number of ether oxygens (including phenoxy) is 1. The molecule has 0 fully saturated rings. The van der Waals surface area contributed by atoms with Gasteiger partial charge in [0, 0.05) is 0 Å². The molecular weight excluding hydrogens is 247 g/mol. The Kier molecular flexibility index (Phi) is 4.45. The fraction of sp³-hybridized carbons (Fsp3) is 0.500. The zero-order chi connectivity index (χ0) is 13.9. The number of phenolic OH excluding ortho intramolecular Hbond substituents is 1. The molecule has 0 aliphatic carbocycles. The van der Waals surface area contributed by atoms with Gasteiger partial charge in [-0.3, -0.25) is 0 Å². The monoisotopic (exact) mass is 263 g/mol. The molecule has 6 heteroatoms. The van der Waals surface area contributed by atoms with E-state index in [0.29, 0.717) is 18.5 Å². The summed E-state index contributed by atoms with van der Waals surface area (Å²) in [5.41, 5.74) is 4.75. The molecule has 0 saturated heterocycles. The molecule has 0 saturated carbocycles. The van der Waals surface area contributed by atoms with Crippen molar-refractivity contribution < 1.29 is 23.0 Å². The molecular formula is C12H16F3NO2. The number of halogens is 3. The van der Waals surface area contributed by atoms with Gasteiger partial charge in [-0.25, -0.2) is 0 Å². The molecule has 0 amide bonds. The van der Waals surface area contributed by atoms with Crippen LogP contribution in [0.5, 0.6) is 11.5 Å². The van der Waals surface area contributed by atoms with Crippen LogP contribution in [-0.4, -0.2) is 18.8 Å². The van der Waals surface area contributed by atoms with Crippen molar-refractivity contribution in [2.24, 2.45) is 5.73 Å². The van der Waals surface area contributed by atoms with E-state index in [1.165, 1.54) is 13.2 Å². The summed E-state index contributed by atoms with van der Waals surface area (Å²) in [7, 11) is 1.21. The average molecular weight is 263 g/mol. The minimum atomic E-state index is -4.62. The molecule has 0 bridgehead atoms. The lowest BCUT2D eigenvalue weighted by molar-refractivity contribution is -0.138. The number of aromatic hydroxyl groups is 1. The van der Waals surface area contributed by atoms with Crippen molar-refractivity contribution in [2.75, 3.05) is 13.7 Å². The van der Waals surface area contributed by atoms with Crippen LogP contribution in [0.1, 0.15) is 30.4 Å². The van der Waals surface area contributed by atoms with E-state index in [0.717, 1.165) is 6.07 Å². The van der Waals surface area contributed by atoms with Gasteiger partial charge in [0.05, 0.1) is 7.11 Å². The predicted octanol–water partition coefficient (Wildman–Crippen LogP) is 2.87. The number of methoxy groups -OCH3 is 1. The van der Waals surface area contributed by atoms with Crippen molar-refractivity contribution in [1.29, 1.82) is 0 Å². The molecule has 3 N–H and O–H groups in total.